The first-order chi connectivity index (χ1) is 8.99. The second kappa shape index (κ2) is 5.01. The number of aromatic hydroxyl groups is 1. The van der Waals surface area contributed by atoms with Gasteiger partial charge in [-0.3, -0.25) is 4.79 Å². The maximum absolute atomic E-state index is 13.3. The average molecular weight is 267 g/mol. The van der Waals surface area contributed by atoms with Crippen LogP contribution in [0.1, 0.15) is 10.4 Å². The lowest BCUT2D eigenvalue weighted by Crippen LogP contribution is -2.14. The molecule has 2 aromatic rings. The Labute approximate surface area is 106 Å². The van der Waals surface area contributed by atoms with Crippen molar-refractivity contribution in [2.75, 3.05) is 5.32 Å². The molecule has 0 aliphatic rings. The van der Waals surface area contributed by atoms with Crippen molar-refractivity contribution in [1.29, 1.82) is 0 Å². The van der Waals surface area contributed by atoms with Gasteiger partial charge >= 0.3 is 0 Å². The van der Waals surface area contributed by atoms with Gasteiger partial charge < -0.3 is 10.4 Å². The SMILES string of the molecule is O=C(Nc1c(F)cccc1F)c1ccc(F)cc1O. The number of nitrogens with one attached hydrogen (secondary N) is 1. The Morgan fingerprint density at radius 2 is 1.68 bits per heavy atom. The molecule has 0 aliphatic carbocycles. The van der Waals surface area contributed by atoms with E-state index in [1.165, 1.54) is 0 Å². The van der Waals surface area contributed by atoms with Gasteiger partial charge in [0.15, 0.2) is 0 Å². The fourth-order valence-electron chi connectivity index (χ4n) is 1.49. The Morgan fingerprint density at radius 3 is 2.26 bits per heavy atom. The van der Waals surface area contributed by atoms with E-state index in [1.54, 1.807) is 0 Å². The van der Waals surface area contributed by atoms with Crippen molar-refractivity contribution in [3.05, 3.63) is 59.4 Å². The summed E-state index contributed by atoms with van der Waals surface area (Å²) in [6, 6.07) is 5.79. The van der Waals surface area contributed by atoms with E-state index in [4.69, 9.17) is 0 Å². The number of benzene rings is 2. The third-order valence-corrected chi connectivity index (χ3v) is 2.41. The molecule has 19 heavy (non-hydrogen) atoms. The van der Waals surface area contributed by atoms with E-state index >= 15 is 0 Å². The van der Waals surface area contributed by atoms with E-state index in [0.29, 0.717) is 0 Å². The summed E-state index contributed by atoms with van der Waals surface area (Å²) in [4.78, 5) is 11.7. The number of phenols is 1. The van der Waals surface area contributed by atoms with Crippen LogP contribution in [0.3, 0.4) is 0 Å². The Kier molecular flexibility index (Phi) is 3.41. The van der Waals surface area contributed by atoms with Gasteiger partial charge in [0.25, 0.3) is 5.91 Å². The van der Waals surface area contributed by atoms with Crippen molar-refractivity contribution in [2.45, 2.75) is 0 Å². The van der Waals surface area contributed by atoms with E-state index in [-0.39, 0.29) is 5.56 Å². The molecule has 2 rings (SSSR count). The Balaban J connectivity index is 2.31. The van der Waals surface area contributed by atoms with Gasteiger partial charge in [-0.1, -0.05) is 6.07 Å². The topological polar surface area (TPSA) is 49.3 Å². The average Bonchev–Trinajstić information content (AvgIpc) is 2.33. The fraction of sp³-hybridized carbons (Fsp3) is 0. The molecule has 0 fully saturated rings. The monoisotopic (exact) mass is 267 g/mol. The van der Waals surface area contributed by atoms with Gasteiger partial charge in [-0.05, 0) is 24.3 Å². The highest BCUT2D eigenvalue weighted by molar-refractivity contribution is 6.06. The molecule has 0 aromatic heterocycles. The molecule has 3 nitrogen and oxygen atoms in total. The van der Waals surface area contributed by atoms with Gasteiger partial charge in [-0.25, -0.2) is 13.2 Å². The van der Waals surface area contributed by atoms with Gasteiger partial charge in [0.2, 0.25) is 0 Å². The molecule has 0 heterocycles. The summed E-state index contributed by atoms with van der Waals surface area (Å²) in [5.74, 6) is -4.19. The lowest BCUT2D eigenvalue weighted by molar-refractivity contribution is 0.102. The van der Waals surface area contributed by atoms with Crippen molar-refractivity contribution in [3.8, 4) is 5.75 Å². The first-order valence-corrected chi connectivity index (χ1v) is 5.23. The Morgan fingerprint density at radius 1 is 1.05 bits per heavy atom. The number of hydrogen-bond acceptors (Lipinski definition) is 2. The second-order valence-corrected chi connectivity index (χ2v) is 3.71. The summed E-state index contributed by atoms with van der Waals surface area (Å²) in [6.07, 6.45) is 0. The number of hydrogen-bond donors (Lipinski definition) is 2. The van der Waals surface area contributed by atoms with Crippen LogP contribution in [0.25, 0.3) is 0 Å². The minimum absolute atomic E-state index is 0.288. The van der Waals surface area contributed by atoms with Gasteiger partial charge in [-0.2, -0.15) is 0 Å². The van der Waals surface area contributed by atoms with E-state index < -0.39 is 34.8 Å². The fourth-order valence-corrected chi connectivity index (χ4v) is 1.49. The van der Waals surface area contributed by atoms with Crippen LogP contribution in [0.5, 0.6) is 5.75 Å². The van der Waals surface area contributed by atoms with Crippen LogP contribution in [0.15, 0.2) is 36.4 Å². The summed E-state index contributed by atoms with van der Waals surface area (Å²) in [6.45, 7) is 0. The van der Waals surface area contributed by atoms with Crippen LogP contribution in [0.2, 0.25) is 0 Å². The summed E-state index contributed by atoms with van der Waals surface area (Å²) in [5.41, 5.74) is -0.916. The number of halogens is 3. The Bertz CT molecular complexity index is 624. The van der Waals surface area contributed by atoms with E-state index in [1.807, 2.05) is 5.32 Å². The van der Waals surface area contributed by atoms with E-state index in [2.05, 4.69) is 0 Å². The molecule has 0 bridgehead atoms. The van der Waals surface area contributed by atoms with Crippen LogP contribution < -0.4 is 5.32 Å². The van der Waals surface area contributed by atoms with Gasteiger partial charge in [0.1, 0.15) is 28.9 Å². The van der Waals surface area contributed by atoms with E-state index in [0.717, 1.165) is 36.4 Å². The normalized spacial score (nSPS) is 10.3. The minimum Gasteiger partial charge on any atom is -0.507 e. The second-order valence-electron chi connectivity index (χ2n) is 3.71. The van der Waals surface area contributed by atoms with Crippen molar-refractivity contribution in [2.24, 2.45) is 0 Å². The molecule has 0 saturated heterocycles. The van der Waals surface area contributed by atoms with Crippen LogP contribution in [0.4, 0.5) is 18.9 Å². The van der Waals surface area contributed by atoms with Gasteiger partial charge in [0.05, 0.1) is 5.56 Å². The van der Waals surface area contributed by atoms with Crippen LogP contribution in [0, 0.1) is 17.5 Å². The zero-order valence-electron chi connectivity index (χ0n) is 9.45. The molecule has 0 spiro atoms. The van der Waals surface area contributed by atoms with Crippen molar-refractivity contribution in [3.63, 3.8) is 0 Å². The lowest BCUT2D eigenvalue weighted by Gasteiger charge is -2.08. The third kappa shape index (κ3) is 2.67. The number of amides is 1. The van der Waals surface area contributed by atoms with Crippen molar-refractivity contribution < 1.29 is 23.1 Å². The largest absolute Gasteiger partial charge is 0.507 e. The maximum Gasteiger partial charge on any atom is 0.259 e. The molecule has 0 unspecified atom stereocenters. The van der Waals surface area contributed by atoms with Crippen molar-refractivity contribution >= 4 is 11.6 Å². The molecular weight excluding hydrogens is 259 g/mol. The van der Waals surface area contributed by atoms with Gasteiger partial charge in [0, 0.05) is 6.07 Å². The highest BCUT2D eigenvalue weighted by Crippen LogP contribution is 2.22. The number of para-hydroxylation sites is 1. The summed E-state index contributed by atoms with van der Waals surface area (Å²) < 4.78 is 39.4. The third-order valence-electron chi connectivity index (χ3n) is 2.41. The highest BCUT2D eigenvalue weighted by atomic mass is 19.1. The molecule has 0 radical (unpaired) electrons. The molecule has 2 N–H and O–H groups in total. The number of rotatable bonds is 2. The zero-order chi connectivity index (χ0) is 14.0. The maximum atomic E-state index is 13.3. The first kappa shape index (κ1) is 12.9. The molecule has 1 amide bonds. The molecule has 0 aliphatic heterocycles. The molecule has 0 atom stereocenters. The smallest absolute Gasteiger partial charge is 0.259 e. The number of carbonyl (C=O) groups excluding carboxylic acids is 1. The molecule has 6 heteroatoms. The lowest BCUT2D eigenvalue weighted by atomic mass is 10.1. The molecular formula is C13H8F3NO2. The standard InChI is InChI=1S/C13H8F3NO2/c14-7-4-5-8(11(18)6-7)13(19)17-12-9(15)2-1-3-10(12)16/h1-6,18H,(H,17,19). The molecule has 2 aromatic carbocycles. The Hall–Kier alpha value is -2.50. The summed E-state index contributed by atoms with van der Waals surface area (Å²) >= 11 is 0. The number of carbonyl (C=O) groups is 1. The van der Waals surface area contributed by atoms with Crippen LogP contribution >= 0.6 is 0 Å². The summed E-state index contributed by atoms with van der Waals surface area (Å²) in [7, 11) is 0. The predicted octanol–water partition coefficient (Wildman–Crippen LogP) is 3.06. The zero-order valence-corrected chi connectivity index (χ0v) is 9.45. The number of phenolic OH excluding ortho intramolecular Hbond substituents is 1. The van der Waals surface area contributed by atoms with E-state index in [9.17, 15) is 23.1 Å². The quantitative estimate of drug-likeness (QED) is 0.878. The number of anilines is 1. The van der Waals surface area contributed by atoms with Crippen molar-refractivity contribution in [1.82, 2.24) is 0 Å². The molecule has 98 valence electrons. The van der Waals surface area contributed by atoms with Crippen LogP contribution in [-0.4, -0.2) is 11.0 Å². The summed E-state index contributed by atoms with van der Waals surface area (Å²) in [5, 5.41) is 11.4. The predicted molar refractivity (Wildman–Crippen MR) is 62.4 cm³/mol. The first-order valence-electron chi connectivity index (χ1n) is 5.23. The minimum atomic E-state index is -0.949. The highest BCUT2D eigenvalue weighted by Gasteiger charge is 2.16. The van der Waals surface area contributed by atoms with Crippen LogP contribution in [-0.2, 0) is 0 Å². The van der Waals surface area contributed by atoms with Gasteiger partial charge in [-0.15, -0.1) is 0 Å². The molecule has 0 saturated carbocycles.